The zero-order chi connectivity index (χ0) is 17.4. The minimum atomic E-state index is -0.297. The Morgan fingerprint density at radius 3 is 2.58 bits per heavy atom. The van der Waals surface area contributed by atoms with Gasteiger partial charge in [-0.25, -0.2) is 10.9 Å². The number of carbonyl (C=O) groups excluding carboxylic acids is 1. The molecular weight excluding hydrogens is 300 g/mol. The summed E-state index contributed by atoms with van der Waals surface area (Å²) in [4.78, 5) is 14.1. The van der Waals surface area contributed by atoms with Crippen molar-refractivity contribution in [1.82, 2.24) is 5.32 Å². The van der Waals surface area contributed by atoms with Gasteiger partial charge in [0.2, 0.25) is 0 Å². The van der Waals surface area contributed by atoms with Gasteiger partial charge in [0.05, 0.1) is 6.61 Å². The summed E-state index contributed by atoms with van der Waals surface area (Å²) in [6.07, 6.45) is 0.519. The normalized spacial score (nSPS) is 12.2. The van der Waals surface area contributed by atoms with Gasteiger partial charge >= 0.3 is 6.09 Å². The molecule has 4 heteroatoms. The van der Waals surface area contributed by atoms with Gasteiger partial charge in [-0.3, -0.25) is 4.90 Å². The third-order valence-corrected chi connectivity index (χ3v) is 3.82. The van der Waals surface area contributed by atoms with Crippen molar-refractivity contribution < 1.29 is 9.53 Å². The standard InChI is InChI=1S/C20H27N2O2/c1-4-24-20(23)22(18-12-6-5-7-13-18)15-14-19(21-16(2)3)17-10-8-9-11-17/h5-13,16,19,21H,4,14-15H2,1-3H3/q-1. The number of nitrogens with zero attached hydrogens (tertiary/aromatic N) is 1. The molecule has 1 unspecified atom stereocenters. The van der Waals surface area contributed by atoms with Crippen molar-refractivity contribution in [2.45, 2.75) is 39.3 Å². The predicted octanol–water partition coefficient (Wildman–Crippen LogP) is 4.50. The summed E-state index contributed by atoms with van der Waals surface area (Å²) in [6.45, 7) is 7.07. The molecular formula is C20H27N2O2-. The van der Waals surface area contributed by atoms with Crippen LogP contribution in [-0.4, -0.2) is 25.3 Å². The van der Waals surface area contributed by atoms with E-state index in [4.69, 9.17) is 4.74 Å². The topological polar surface area (TPSA) is 41.6 Å². The van der Waals surface area contributed by atoms with Crippen molar-refractivity contribution in [3.8, 4) is 0 Å². The van der Waals surface area contributed by atoms with Crippen molar-refractivity contribution in [3.63, 3.8) is 0 Å². The van der Waals surface area contributed by atoms with Crippen LogP contribution in [0.2, 0.25) is 0 Å². The van der Waals surface area contributed by atoms with Gasteiger partial charge in [-0.05, 0) is 31.5 Å². The van der Waals surface area contributed by atoms with E-state index in [0.717, 1.165) is 12.1 Å². The minimum absolute atomic E-state index is 0.209. The first-order valence-corrected chi connectivity index (χ1v) is 8.58. The molecule has 0 spiro atoms. The highest BCUT2D eigenvalue weighted by atomic mass is 16.6. The largest absolute Gasteiger partial charge is 0.449 e. The molecule has 1 atom stereocenters. The van der Waals surface area contributed by atoms with Crippen LogP contribution in [0.25, 0.3) is 0 Å². The molecule has 130 valence electrons. The fraction of sp³-hybridized carbons (Fsp3) is 0.400. The maximum Gasteiger partial charge on any atom is 0.414 e. The molecule has 4 nitrogen and oxygen atoms in total. The van der Waals surface area contributed by atoms with Crippen LogP contribution in [0.1, 0.15) is 38.8 Å². The molecule has 0 heterocycles. The number of carbonyl (C=O) groups is 1. The van der Waals surface area contributed by atoms with Crippen molar-refractivity contribution in [3.05, 3.63) is 60.2 Å². The van der Waals surface area contributed by atoms with Crippen LogP contribution in [0.5, 0.6) is 0 Å². The van der Waals surface area contributed by atoms with E-state index in [9.17, 15) is 4.79 Å². The zero-order valence-electron chi connectivity index (χ0n) is 14.7. The highest BCUT2D eigenvalue weighted by Crippen LogP contribution is 2.22. The number of ether oxygens (including phenoxy) is 1. The summed E-state index contributed by atoms with van der Waals surface area (Å²) in [6, 6.07) is 18.6. The van der Waals surface area contributed by atoms with Gasteiger partial charge in [-0.1, -0.05) is 32.0 Å². The van der Waals surface area contributed by atoms with Crippen LogP contribution in [0.3, 0.4) is 0 Å². The minimum Gasteiger partial charge on any atom is -0.449 e. The summed E-state index contributed by atoms with van der Waals surface area (Å²) in [5.74, 6) is 0. The molecule has 2 aromatic carbocycles. The Bertz CT molecular complexity index is 593. The van der Waals surface area contributed by atoms with Gasteiger partial charge in [0.1, 0.15) is 0 Å². The smallest absolute Gasteiger partial charge is 0.414 e. The first-order valence-electron chi connectivity index (χ1n) is 8.58. The molecule has 0 fully saturated rings. The molecule has 1 N–H and O–H groups in total. The first kappa shape index (κ1) is 18.1. The van der Waals surface area contributed by atoms with Crippen molar-refractivity contribution in [1.29, 1.82) is 0 Å². The van der Waals surface area contributed by atoms with Crippen LogP contribution in [-0.2, 0) is 4.74 Å². The second kappa shape index (κ2) is 9.18. The number of anilines is 1. The van der Waals surface area contributed by atoms with Gasteiger partial charge in [0.25, 0.3) is 0 Å². The van der Waals surface area contributed by atoms with Gasteiger partial charge < -0.3 is 10.1 Å². The van der Waals surface area contributed by atoms with Crippen molar-refractivity contribution in [2.75, 3.05) is 18.1 Å². The van der Waals surface area contributed by atoms with Crippen LogP contribution < -0.4 is 10.2 Å². The molecule has 2 rings (SSSR count). The number of hydrogen-bond donors (Lipinski definition) is 1. The van der Waals surface area contributed by atoms with Gasteiger partial charge in [-0.15, -0.1) is 0 Å². The lowest BCUT2D eigenvalue weighted by Gasteiger charge is -2.29. The Kier molecular flexibility index (Phi) is 6.94. The zero-order valence-corrected chi connectivity index (χ0v) is 14.7. The average Bonchev–Trinajstić information content (AvgIpc) is 3.09. The Morgan fingerprint density at radius 2 is 2.00 bits per heavy atom. The fourth-order valence-corrected chi connectivity index (χ4v) is 2.76. The van der Waals surface area contributed by atoms with Crippen molar-refractivity contribution in [2.24, 2.45) is 0 Å². The molecule has 1 amide bonds. The highest BCUT2D eigenvalue weighted by Gasteiger charge is 2.18. The van der Waals surface area contributed by atoms with E-state index < -0.39 is 0 Å². The van der Waals surface area contributed by atoms with Gasteiger partial charge in [0.15, 0.2) is 0 Å². The molecule has 0 saturated carbocycles. The van der Waals surface area contributed by atoms with Gasteiger partial charge in [0, 0.05) is 18.3 Å². The van der Waals surface area contributed by atoms with E-state index in [-0.39, 0.29) is 12.1 Å². The van der Waals surface area contributed by atoms with E-state index in [0.29, 0.717) is 19.2 Å². The van der Waals surface area contributed by atoms with E-state index in [1.807, 2.05) is 49.4 Å². The Hall–Kier alpha value is -2.20. The SMILES string of the molecule is CCOC(=O)N(CCC(NC(C)C)c1cc[cH-]c1)c1ccccc1. The Morgan fingerprint density at radius 1 is 1.25 bits per heavy atom. The van der Waals surface area contributed by atoms with Crippen LogP contribution in [0.4, 0.5) is 10.5 Å². The molecule has 0 aromatic heterocycles. The number of amides is 1. The monoisotopic (exact) mass is 327 g/mol. The third-order valence-electron chi connectivity index (χ3n) is 3.82. The Labute approximate surface area is 144 Å². The maximum absolute atomic E-state index is 12.3. The van der Waals surface area contributed by atoms with E-state index >= 15 is 0 Å². The number of rotatable bonds is 8. The quantitative estimate of drug-likeness (QED) is 0.726. The van der Waals surface area contributed by atoms with Crippen LogP contribution in [0, 0.1) is 0 Å². The highest BCUT2D eigenvalue weighted by molar-refractivity contribution is 5.87. The summed E-state index contributed by atoms with van der Waals surface area (Å²) in [5, 5.41) is 3.58. The van der Waals surface area contributed by atoms with Gasteiger partial charge in [-0.2, -0.15) is 23.8 Å². The Balaban J connectivity index is 2.11. The molecule has 0 aliphatic rings. The summed E-state index contributed by atoms with van der Waals surface area (Å²) >= 11 is 0. The molecule has 24 heavy (non-hydrogen) atoms. The molecule has 0 radical (unpaired) electrons. The summed E-state index contributed by atoms with van der Waals surface area (Å²) in [5.41, 5.74) is 2.11. The van der Waals surface area contributed by atoms with E-state index in [1.54, 1.807) is 4.90 Å². The van der Waals surface area contributed by atoms with Crippen molar-refractivity contribution >= 4 is 11.8 Å². The number of nitrogens with one attached hydrogen (secondary N) is 1. The van der Waals surface area contributed by atoms with E-state index in [2.05, 4.69) is 31.3 Å². The lowest BCUT2D eigenvalue weighted by atomic mass is 10.1. The second-order valence-electron chi connectivity index (χ2n) is 6.07. The van der Waals surface area contributed by atoms with Crippen LogP contribution in [0.15, 0.2) is 54.6 Å². The second-order valence-corrected chi connectivity index (χ2v) is 6.07. The predicted molar refractivity (Wildman–Crippen MR) is 98.5 cm³/mol. The molecule has 2 aromatic rings. The molecule has 0 saturated heterocycles. The molecule has 0 aliphatic heterocycles. The number of benzene rings is 1. The fourth-order valence-electron chi connectivity index (χ4n) is 2.76. The first-order chi connectivity index (χ1) is 11.6. The number of hydrogen-bond acceptors (Lipinski definition) is 3. The maximum atomic E-state index is 12.3. The lowest BCUT2D eigenvalue weighted by Crippen LogP contribution is -2.36. The lowest BCUT2D eigenvalue weighted by molar-refractivity contribution is 0.159. The molecule has 0 bridgehead atoms. The summed E-state index contributed by atoms with van der Waals surface area (Å²) in [7, 11) is 0. The van der Waals surface area contributed by atoms with E-state index in [1.165, 1.54) is 5.56 Å². The number of para-hydroxylation sites is 1. The summed E-state index contributed by atoms with van der Waals surface area (Å²) < 4.78 is 5.23. The molecule has 0 aliphatic carbocycles. The average molecular weight is 327 g/mol. The third kappa shape index (κ3) is 5.17. The van der Waals surface area contributed by atoms with Crippen LogP contribution >= 0.6 is 0 Å².